The maximum Gasteiger partial charge on any atom is 0.0750 e. The average molecular weight is 235 g/mol. The van der Waals surface area contributed by atoms with Crippen LogP contribution in [0.1, 0.15) is 44.9 Å². The monoisotopic (exact) mass is 235 g/mol. The van der Waals surface area contributed by atoms with Gasteiger partial charge >= 0.3 is 0 Å². The molecule has 0 fully saturated rings. The molecule has 2 heteroatoms. The molecule has 0 spiro atoms. The fourth-order valence-corrected chi connectivity index (χ4v) is 1.81. The van der Waals surface area contributed by atoms with E-state index in [1.165, 1.54) is 11.1 Å². The van der Waals surface area contributed by atoms with Crippen molar-refractivity contribution >= 4 is 0 Å². The van der Waals surface area contributed by atoms with Gasteiger partial charge in [0.2, 0.25) is 0 Å². The Kier molecular flexibility index (Phi) is 5.16. The summed E-state index contributed by atoms with van der Waals surface area (Å²) >= 11 is 0. The smallest absolute Gasteiger partial charge is 0.0750 e. The molecule has 96 valence electrons. The lowest BCUT2D eigenvalue weighted by Gasteiger charge is -2.27. The van der Waals surface area contributed by atoms with Crippen molar-refractivity contribution in [1.29, 1.82) is 0 Å². The average Bonchev–Trinajstić information content (AvgIpc) is 2.27. The third-order valence-corrected chi connectivity index (χ3v) is 2.95. The standard InChI is InChI=1S/C15H25NO/c1-6-17-15(4,5)11-16-13(3)14-9-7-12(2)8-10-14/h7-10,13,16H,6,11H2,1-5H3. The molecule has 0 amide bonds. The number of ether oxygens (including phenoxy) is 1. The molecule has 0 radical (unpaired) electrons. The second kappa shape index (κ2) is 6.18. The third kappa shape index (κ3) is 4.88. The molecule has 1 aromatic carbocycles. The molecule has 1 atom stereocenters. The highest BCUT2D eigenvalue weighted by Gasteiger charge is 2.18. The minimum absolute atomic E-state index is 0.103. The van der Waals surface area contributed by atoms with Gasteiger partial charge in [0, 0.05) is 19.2 Å². The van der Waals surface area contributed by atoms with Crippen LogP contribution < -0.4 is 5.32 Å². The first-order chi connectivity index (χ1) is 7.94. The molecule has 0 aromatic heterocycles. The largest absolute Gasteiger partial charge is 0.375 e. The Balaban J connectivity index is 2.49. The summed E-state index contributed by atoms with van der Waals surface area (Å²) in [7, 11) is 0. The summed E-state index contributed by atoms with van der Waals surface area (Å²) in [5.41, 5.74) is 2.52. The van der Waals surface area contributed by atoms with Crippen LogP contribution in [-0.2, 0) is 4.74 Å². The van der Waals surface area contributed by atoms with Gasteiger partial charge in [0.15, 0.2) is 0 Å². The summed E-state index contributed by atoms with van der Waals surface area (Å²) < 4.78 is 5.67. The Bertz CT molecular complexity index is 329. The van der Waals surface area contributed by atoms with E-state index in [0.717, 1.165) is 13.2 Å². The Morgan fingerprint density at radius 3 is 2.35 bits per heavy atom. The van der Waals surface area contributed by atoms with Gasteiger partial charge in [-0.05, 0) is 40.2 Å². The minimum atomic E-state index is -0.103. The molecule has 0 bridgehead atoms. The van der Waals surface area contributed by atoms with Gasteiger partial charge in [-0.3, -0.25) is 0 Å². The van der Waals surface area contributed by atoms with Crippen LogP contribution in [-0.4, -0.2) is 18.8 Å². The molecule has 0 heterocycles. The zero-order chi connectivity index (χ0) is 12.9. The molecule has 1 unspecified atom stereocenters. The predicted molar refractivity (Wildman–Crippen MR) is 73.3 cm³/mol. The number of nitrogens with one attached hydrogen (secondary N) is 1. The highest BCUT2D eigenvalue weighted by Crippen LogP contribution is 2.15. The van der Waals surface area contributed by atoms with E-state index in [2.05, 4.69) is 57.3 Å². The van der Waals surface area contributed by atoms with Crippen LogP contribution >= 0.6 is 0 Å². The van der Waals surface area contributed by atoms with Crippen molar-refractivity contribution in [3.63, 3.8) is 0 Å². The van der Waals surface area contributed by atoms with Gasteiger partial charge in [0.1, 0.15) is 0 Å². The van der Waals surface area contributed by atoms with E-state index >= 15 is 0 Å². The lowest BCUT2D eigenvalue weighted by Crippen LogP contribution is -2.38. The van der Waals surface area contributed by atoms with Gasteiger partial charge in [0.05, 0.1) is 5.60 Å². The van der Waals surface area contributed by atoms with Gasteiger partial charge in [-0.15, -0.1) is 0 Å². The molecule has 0 aliphatic carbocycles. The first-order valence-corrected chi connectivity index (χ1v) is 6.38. The fraction of sp³-hybridized carbons (Fsp3) is 0.600. The molecule has 1 rings (SSSR count). The number of aryl methyl sites for hydroxylation is 1. The lowest BCUT2D eigenvalue weighted by molar-refractivity contribution is -0.0103. The molecule has 0 saturated carbocycles. The van der Waals surface area contributed by atoms with Crippen molar-refractivity contribution in [2.24, 2.45) is 0 Å². The Labute approximate surface area is 105 Å². The van der Waals surface area contributed by atoms with E-state index in [0.29, 0.717) is 6.04 Å². The summed E-state index contributed by atoms with van der Waals surface area (Å²) in [4.78, 5) is 0. The Morgan fingerprint density at radius 1 is 1.24 bits per heavy atom. The fourth-order valence-electron chi connectivity index (χ4n) is 1.81. The van der Waals surface area contributed by atoms with E-state index in [9.17, 15) is 0 Å². The molecular weight excluding hydrogens is 210 g/mol. The predicted octanol–water partition coefficient (Wildman–Crippen LogP) is 3.46. The second-order valence-corrected chi connectivity index (χ2v) is 5.21. The number of hydrogen-bond acceptors (Lipinski definition) is 2. The van der Waals surface area contributed by atoms with Crippen LogP contribution in [0.5, 0.6) is 0 Å². The quantitative estimate of drug-likeness (QED) is 0.815. The molecule has 17 heavy (non-hydrogen) atoms. The summed E-state index contributed by atoms with van der Waals surface area (Å²) in [5, 5.41) is 3.52. The maximum atomic E-state index is 5.67. The molecule has 1 aromatic rings. The summed E-state index contributed by atoms with van der Waals surface area (Å²) in [5.74, 6) is 0. The van der Waals surface area contributed by atoms with Crippen LogP contribution in [0.25, 0.3) is 0 Å². The van der Waals surface area contributed by atoms with Crippen molar-refractivity contribution < 1.29 is 4.74 Å². The van der Waals surface area contributed by atoms with Gasteiger partial charge in [0.25, 0.3) is 0 Å². The van der Waals surface area contributed by atoms with E-state index in [1.54, 1.807) is 0 Å². The van der Waals surface area contributed by atoms with Gasteiger partial charge in [-0.25, -0.2) is 0 Å². The van der Waals surface area contributed by atoms with Crippen molar-refractivity contribution in [2.75, 3.05) is 13.2 Å². The first-order valence-electron chi connectivity index (χ1n) is 6.38. The van der Waals surface area contributed by atoms with Crippen LogP contribution in [0.4, 0.5) is 0 Å². The summed E-state index contributed by atoms with van der Waals surface area (Å²) in [6.07, 6.45) is 0. The number of benzene rings is 1. The highest BCUT2D eigenvalue weighted by atomic mass is 16.5. The SMILES string of the molecule is CCOC(C)(C)CNC(C)c1ccc(C)cc1. The van der Waals surface area contributed by atoms with Crippen molar-refractivity contribution in [3.8, 4) is 0 Å². The van der Waals surface area contributed by atoms with E-state index in [1.807, 2.05) is 6.92 Å². The first kappa shape index (κ1) is 14.2. The molecule has 2 nitrogen and oxygen atoms in total. The maximum absolute atomic E-state index is 5.67. The molecule has 1 N–H and O–H groups in total. The topological polar surface area (TPSA) is 21.3 Å². The van der Waals surface area contributed by atoms with Crippen molar-refractivity contribution in [2.45, 2.75) is 46.3 Å². The zero-order valence-electron chi connectivity index (χ0n) is 11.7. The summed E-state index contributed by atoms with van der Waals surface area (Å²) in [6.45, 7) is 12.2. The van der Waals surface area contributed by atoms with Crippen molar-refractivity contribution in [3.05, 3.63) is 35.4 Å². The third-order valence-electron chi connectivity index (χ3n) is 2.95. The van der Waals surface area contributed by atoms with Crippen LogP contribution in [0.15, 0.2) is 24.3 Å². The highest BCUT2D eigenvalue weighted by molar-refractivity contribution is 5.23. The van der Waals surface area contributed by atoms with E-state index in [-0.39, 0.29) is 5.60 Å². The molecular formula is C15H25NO. The van der Waals surface area contributed by atoms with Gasteiger partial charge in [-0.1, -0.05) is 29.8 Å². The lowest BCUT2D eigenvalue weighted by atomic mass is 10.0. The Morgan fingerprint density at radius 2 is 1.82 bits per heavy atom. The van der Waals surface area contributed by atoms with Crippen LogP contribution in [0, 0.1) is 6.92 Å². The Hall–Kier alpha value is -0.860. The number of rotatable bonds is 6. The van der Waals surface area contributed by atoms with E-state index in [4.69, 9.17) is 4.74 Å². The van der Waals surface area contributed by atoms with Gasteiger partial charge < -0.3 is 10.1 Å². The van der Waals surface area contributed by atoms with Crippen molar-refractivity contribution in [1.82, 2.24) is 5.32 Å². The van der Waals surface area contributed by atoms with Crippen LogP contribution in [0.2, 0.25) is 0 Å². The van der Waals surface area contributed by atoms with Crippen LogP contribution in [0.3, 0.4) is 0 Å². The number of hydrogen-bond donors (Lipinski definition) is 1. The molecule has 0 aliphatic heterocycles. The second-order valence-electron chi connectivity index (χ2n) is 5.21. The molecule has 0 aliphatic rings. The molecule has 0 saturated heterocycles. The minimum Gasteiger partial charge on any atom is -0.375 e. The zero-order valence-corrected chi connectivity index (χ0v) is 11.7. The summed E-state index contributed by atoms with van der Waals surface area (Å²) in [6, 6.07) is 9.03. The van der Waals surface area contributed by atoms with Gasteiger partial charge in [-0.2, -0.15) is 0 Å². The normalized spacial score (nSPS) is 13.7. The van der Waals surface area contributed by atoms with E-state index < -0.39 is 0 Å².